The summed E-state index contributed by atoms with van der Waals surface area (Å²) in [6.45, 7) is 2.00. The summed E-state index contributed by atoms with van der Waals surface area (Å²) >= 11 is 0. The van der Waals surface area contributed by atoms with Crippen LogP contribution in [0.1, 0.15) is 24.8 Å². The van der Waals surface area contributed by atoms with Crippen LogP contribution in [-0.2, 0) is 6.54 Å². The van der Waals surface area contributed by atoms with Gasteiger partial charge in [-0.15, -0.1) is 13.2 Å². The first-order chi connectivity index (χ1) is 16.8. The second kappa shape index (κ2) is 9.01. The minimum absolute atomic E-state index is 0.198. The number of aromatic nitrogens is 3. The van der Waals surface area contributed by atoms with E-state index in [4.69, 9.17) is 0 Å². The second-order valence-corrected chi connectivity index (χ2v) is 8.46. The Labute approximate surface area is 198 Å². The first-order valence-electron chi connectivity index (χ1n) is 11.3. The number of benzene rings is 2. The fraction of sp³-hybridized carbons (Fsp3) is 0.280. The highest BCUT2D eigenvalue weighted by molar-refractivity contribution is 5.86. The Morgan fingerprint density at radius 2 is 1.71 bits per heavy atom. The second-order valence-electron chi connectivity index (χ2n) is 8.46. The molecule has 0 saturated carbocycles. The molecular formula is C25H23F3N4O3. The third kappa shape index (κ3) is 4.68. The van der Waals surface area contributed by atoms with Crippen LogP contribution in [0.2, 0.25) is 0 Å². The molecule has 0 amide bonds. The first-order valence-corrected chi connectivity index (χ1v) is 11.3. The van der Waals surface area contributed by atoms with Crippen LogP contribution in [0.25, 0.3) is 16.6 Å². The van der Waals surface area contributed by atoms with Gasteiger partial charge in [0.05, 0.1) is 35.8 Å². The molecule has 1 N–H and O–H groups in total. The highest BCUT2D eigenvalue weighted by Gasteiger charge is 2.31. The number of piperidine rings is 1. The highest BCUT2D eigenvalue weighted by atomic mass is 19.4. The van der Waals surface area contributed by atoms with Gasteiger partial charge in [-0.25, -0.2) is 9.36 Å². The van der Waals surface area contributed by atoms with Crippen molar-refractivity contribution in [3.63, 3.8) is 0 Å². The van der Waals surface area contributed by atoms with Gasteiger partial charge in [0.15, 0.2) is 0 Å². The zero-order valence-corrected chi connectivity index (χ0v) is 18.7. The fourth-order valence-electron chi connectivity index (χ4n) is 4.56. The number of halogens is 3. The Hall–Kier alpha value is -3.95. The SMILES string of the molecule is O=c1n(Cc2c(N3CCCCC3)cnc3ccccc23)cc(O)n1-c1ccc(OC(F)(F)F)cc1. The van der Waals surface area contributed by atoms with Crippen LogP contribution in [0.4, 0.5) is 18.9 Å². The molecule has 1 saturated heterocycles. The predicted molar refractivity (Wildman–Crippen MR) is 125 cm³/mol. The number of pyridine rings is 1. The Kier molecular flexibility index (Phi) is 5.88. The van der Waals surface area contributed by atoms with Crippen molar-refractivity contribution in [2.75, 3.05) is 18.0 Å². The monoisotopic (exact) mass is 484 g/mol. The summed E-state index contributed by atoms with van der Waals surface area (Å²) in [6, 6.07) is 12.5. The molecule has 1 fully saturated rings. The molecule has 1 aliphatic rings. The van der Waals surface area contributed by atoms with E-state index in [0.717, 1.165) is 64.8 Å². The van der Waals surface area contributed by atoms with E-state index >= 15 is 0 Å². The molecule has 0 atom stereocenters. The lowest BCUT2D eigenvalue weighted by molar-refractivity contribution is -0.274. The van der Waals surface area contributed by atoms with Crippen LogP contribution in [0, 0.1) is 0 Å². The summed E-state index contributed by atoms with van der Waals surface area (Å²) in [5, 5.41) is 11.5. The quantitative estimate of drug-likeness (QED) is 0.439. The smallest absolute Gasteiger partial charge is 0.493 e. The van der Waals surface area contributed by atoms with Gasteiger partial charge in [0.2, 0.25) is 5.88 Å². The molecule has 0 radical (unpaired) electrons. The maximum Gasteiger partial charge on any atom is 0.573 e. The molecule has 35 heavy (non-hydrogen) atoms. The Balaban J connectivity index is 1.53. The summed E-state index contributed by atoms with van der Waals surface area (Å²) in [6.07, 6.45) is 1.69. The largest absolute Gasteiger partial charge is 0.573 e. The molecule has 0 spiro atoms. The average molecular weight is 484 g/mol. The Morgan fingerprint density at radius 3 is 2.43 bits per heavy atom. The number of fused-ring (bicyclic) bond motifs is 1. The van der Waals surface area contributed by atoms with E-state index < -0.39 is 17.8 Å². The molecule has 0 unspecified atom stereocenters. The van der Waals surface area contributed by atoms with E-state index in [1.807, 2.05) is 30.5 Å². The molecular weight excluding hydrogens is 461 g/mol. The summed E-state index contributed by atoms with van der Waals surface area (Å²) in [7, 11) is 0. The summed E-state index contributed by atoms with van der Waals surface area (Å²) in [5.41, 5.74) is 2.39. The summed E-state index contributed by atoms with van der Waals surface area (Å²) in [5.74, 6) is -0.736. The van der Waals surface area contributed by atoms with Crippen LogP contribution in [0.5, 0.6) is 11.6 Å². The lowest BCUT2D eigenvalue weighted by Crippen LogP contribution is -2.31. The number of alkyl halides is 3. The van der Waals surface area contributed by atoms with Crippen molar-refractivity contribution in [1.82, 2.24) is 14.1 Å². The normalized spacial score (nSPS) is 14.4. The number of hydrogen-bond acceptors (Lipinski definition) is 5. The van der Waals surface area contributed by atoms with Crippen LogP contribution >= 0.6 is 0 Å². The lowest BCUT2D eigenvalue weighted by Gasteiger charge is -2.30. The molecule has 2 aromatic heterocycles. The molecule has 1 aliphatic heterocycles. The average Bonchev–Trinajstić information content (AvgIpc) is 3.12. The van der Waals surface area contributed by atoms with Gasteiger partial charge in [-0.05, 0) is 49.6 Å². The topological polar surface area (TPSA) is 72.5 Å². The van der Waals surface area contributed by atoms with Crippen molar-refractivity contribution >= 4 is 16.6 Å². The molecule has 2 aromatic carbocycles. The molecule has 5 rings (SSSR count). The van der Waals surface area contributed by atoms with Gasteiger partial charge in [-0.1, -0.05) is 18.2 Å². The standard InChI is InChI=1S/C25H23F3N4O3/c26-25(27,28)35-18-10-8-17(9-11-18)32-23(33)16-31(24(32)34)15-20-19-6-2-3-7-21(19)29-14-22(20)30-12-4-1-5-13-30/h2-3,6-11,14,16,33H,1,4-5,12-13,15H2. The van der Waals surface area contributed by atoms with Crippen LogP contribution in [-0.4, -0.2) is 38.7 Å². The minimum atomic E-state index is -4.82. The number of aromatic hydroxyl groups is 1. The molecule has 182 valence electrons. The van der Waals surface area contributed by atoms with E-state index in [2.05, 4.69) is 14.6 Å². The van der Waals surface area contributed by atoms with Crippen molar-refractivity contribution in [3.05, 3.63) is 77.0 Å². The maximum atomic E-state index is 13.3. The van der Waals surface area contributed by atoms with E-state index in [0.29, 0.717) is 0 Å². The molecule has 4 aromatic rings. The first kappa shape index (κ1) is 22.8. The third-order valence-corrected chi connectivity index (χ3v) is 6.16. The lowest BCUT2D eigenvalue weighted by atomic mass is 10.0. The zero-order chi connectivity index (χ0) is 24.6. The molecule has 0 aliphatic carbocycles. The van der Waals surface area contributed by atoms with Crippen LogP contribution in [0.3, 0.4) is 0 Å². The van der Waals surface area contributed by atoms with E-state index in [9.17, 15) is 23.1 Å². The molecule has 7 nitrogen and oxygen atoms in total. The van der Waals surface area contributed by atoms with Gasteiger partial charge in [-0.2, -0.15) is 0 Å². The number of para-hydroxylation sites is 1. The number of nitrogens with zero attached hydrogens (tertiary/aromatic N) is 4. The van der Waals surface area contributed by atoms with Gasteiger partial charge in [0.1, 0.15) is 5.75 Å². The van der Waals surface area contributed by atoms with Crippen molar-refractivity contribution in [3.8, 4) is 17.3 Å². The van der Waals surface area contributed by atoms with Crippen molar-refractivity contribution < 1.29 is 23.0 Å². The molecule has 3 heterocycles. The third-order valence-electron chi connectivity index (χ3n) is 6.16. The highest BCUT2D eigenvalue weighted by Crippen LogP contribution is 2.31. The number of ether oxygens (including phenoxy) is 1. The summed E-state index contributed by atoms with van der Waals surface area (Å²) in [4.78, 5) is 20.1. The van der Waals surface area contributed by atoms with Crippen molar-refractivity contribution in [2.45, 2.75) is 32.2 Å². The van der Waals surface area contributed by atoms with Crippen LogP contribution < -0.4 is 15.3 Å². The van der Waals surface area contributed by atoms with Gasteiger partial charge < -0.3 is 14.7 Å². The number of hydrogen-bond donors (Lipinski definition) is 1. The van der Waals surface area contributed by atoms with Crippen molar-refractivity contribution in [2.24, 2.45) is 0 Å². The van der Waals surface area contributed by atoms with Gasteiger partial charge in [-0.3, -0.25) is 9.55 Å². The van der Waals surface area contributed by atoms with E-state index in [-0.39, 0.29) is 18.1 Å². The van der Waals surface area contributed by atoms with Gasteiger partial charge in [0, 0.05) is 24.0 Å². The number of imidazole rings is 1. The summed E-state index contributed by atoms with van der Waals surface area (Å²) < 4.78 is 43.7. The van der Waals surface area contributed by atoms with Gasteiger partial charge >= 0.3 is 12.1 Å². The number of anilines is 1. The predicted octanol–water partition coefficient (Wildman–Crippen LogP) is 4.83. The molecule has 0 bridgehead atoms. The minimum Gasteiger partial charge on any atom is -0.493 e. The van der Waals surface area contributed by atoms with E-state index in [1.165, 1.54) is 29.3 Å². The van der Waals surface area contributed by atoms with Crippen LogP contribution in [0.15, 0.2) is 65.7 Å². The fourth-order valence-corrected chi connectivity index (χ4v) is 4.56. The Morgan fingerprint density at radius 1 is 1.00 bits per heavy atom. The maximum absolute atomic E-state index is 13.3. The van der Waals surface area contributed by atoms with Crippen molar-refractivity contribution in [1.29, 1.82) is 0 Å². The molecule has 10 heteroatoms. The zero-order valence-electron chi connectivity index (χ0n) is 18.7. The Bertz CT molecular complexity index is 1400. The number of rotatable bonds is 5. The van der Waals surface area contributed by atoms with E-state index in [1.54, 1.807) is 0 Å². The van der Waals surface area contributed by atoms with Gasteiger partial charge in [0.25, 0.3) is 0 Å².